The van der Waals surface area contributed by atoms with Crippen molar-refractivity contribution < 1.29 is 8.78 Å². The van der Waals surface area contributed by atoms with Crippen molar-refractivity contribution in [3.8, 4) is 11.4 Å². The third-order valence-corrected chi connectivity index (χ3v) is 3.15. The average Bonchev–Trinajstić information content (AvgIpc) is 2.32. The molecule has 1 aromatic carbocycles. The topological polar surface area (TPSA) is 25.8 Å². The van der Waals surface area contributed by atoms with Crippen LogP contribution in [0.4, 0.5) is 8.78 Å². The van der Waals surface area contributed by atoms with Crippen LogP contribution in [0.5, 0.6) is 0 Å². The summed E-state index contributed by atoms with van der Waals surface area (Å²) in [5, 5.41) is 0.419. The summed E-state index contributed by atoms with van der Waals surface area (Å²) in [4.78, 5) is 8.08. The number of benzene rings is 1. The average molecular weight is 303 g/mol. The monoisotopic (exact) mass is 302 g/mol. The van der Waals surface area contributed by atoms with Crippen LogP contribution in [0, 0.1) is 11.6 Å². The molecule has 0 aliphatic carbocycles. The molecule has 100 valence electrons. The van der Waals surface area contributed by atoms with Crippen LogP contribution in [0.3, 0.4) is 0 Å². The third-order valence-electron chi connectivity index (χ3n) is 2.53. The molecule has 0 N–H and O–H groups in total. The molecule has 0 aliphatic rings. The quantitative estimate of drug-likeness (QED) is 0.769. The highest BCUT2D eigenvalue weighted by Crippen LogP contribution is 2.27. The predicted molar refractivity (Wildman–Crippen MR) is 71.4 cm³/mol. The van der Waals surface area contributed by atoms with Crippen LogP contribution in [-0.4, -0.2) is 9.97 Å². The van der Waals surface area contributed by atoms with Gasteiger partial charge in [0.15, 0.2) is 5.82 Å². The van der Waals surface area contributed by atoms with Crippen molar-refractivity contribution in [1.82, 2.24) is 9.97 Å². The number of halogens is 4. The van der Waals surface area contributed by atoms with Gasteiger partial charge in [-0.15, -0.1) is 0 Å². The molecule has 0 radical (unpaired) electrons. The molecule has 19 heavy (non-hydrogen) atoms. The fourth-order valence-electron chi connectivity index (χ4n) is 1.70. The van der Waals surface area contributed by atoms with Crippen molar-refractivity contribution in [2.24, 2.45) is 0 Å². The molecular weight excluding hydrogens is 293 g/mol. The van der Waals surface area contributed by atoms with Crippen molar-refractivity contribution in [3.05, 3.63) is 45.7 Å². The highest BCUT2D eigenvalue weighted by molar-refractivity contribution is 6.34. The van der Waals surface area contributed by atoms with Crippen molar-refractivity contribution in [2.45, 2.75) is 19.8 Å². The fourth-order valence-corrected chi connectivity index (χ4v) is 2.28. The van der Waals surface area contributed by atoms with E-state index in [1.54, 1.807) is 0 Å². The second-order valence-electron chi connectivity index (χ2n) is 4.02. The van der Waals surface area contributed by atoms with Crippen LogP contribution in [0.25, 0.3) is 11.4 Å². The van der Waals surface area contributed by atoms with Crippen molar-refractivity contribution in [2.75, 3.05) is 0 Å². The lowest BCUT2D eigenvalue weighted by Crippen LogP contribution is -1.98. The summed E-state index contributed by atoms with van der Waals surface area (Å²) >= 11 is 12.0. The van der Waals surface area contributed by atoms with Crippen molar-refractivity contribution in [1.29, 1.82) is 0 Å². The molecule has 0 saturated carbocycles. The number of nitrogens with zero attached hydrogens (tertiary/aromatic N) is 2. The summed E-state index contributed by atoms with van der Waals surface area (Å²) in [6.07, 6.45) is 1.49. The second-order valence-corrected chi connectivity index (χ2v) is 4.73. The van der Waals surface area contributed by atoms with E-state index in [1.165, 1.54) is 0 Å². The first-order valence-corrected chi connectivity index (χ1v) is 6.45. The van der Waals surface area contributed by atoms with E-state index in [0.29, 0.717) is 12.0 Å². The molecule has 2 nitrogen and oxygen atoms in total. The van der Waals surface area contributed by atoms with Gasteiger partial charge in [-0.3, -0.25) is 0 Å². The molecule has 0 atom stereocenters. The second kappa shape index (κ2) is 5.80. The van der Waals surface area contributed by atoms with Gasteiger partial charge in [-0.25, -0.2) is 18.7 Å². The molecule has 6 heteroatoms. The minimum atomic E-state index is -0.705. The lowest BCUT2D eigenvalue weighted by molar-refractivity contribution is 0.584. The van der Waals surface area contributed by atoms with Gasteiger partial charge in [0.05, 0.1) is 0 Å². The van der Waals surface area contributed by atoms with Crippen LogP contribution >= 0.6 is 23.2 Å². The highest BCUT2D eigenvalue weighted by Gasteiger charge is 2.13. The minimum Gasteiger partial charge on any atom is -0.216 e. The smallest absolute Gasteiger partial charge is 0.162 e. The molecule has 1 aromatic heterocycles. The van der Waals surface area contributed by atoms with Gasteiger partial charge in [0, 0.05) is 17.2 Å². The largest absolute Gasteiger partial charge is 0.216 e. The van der Waals surface area contributed by atoms with Crippen molar-refractivity contribution in [3.63, 3.8) is 0 Å². The van der Waals surface area contributed by atoms with Gasteiger partial charge in [-0.1, -0.05) is 36.5 Å². The van der Waals surface area contributed by atoms with E-state index in [0.717, 1.165) is 24.6 Å². The van der Waals surface area contributed by atoms with Crippen LogP contribution in [0.2, 0.25) is 10.3 Å². The first kappa shape index (κ1) is 14.2. The minimum absolute atomic E-state index is 0.105. The van der Waals surface area contributed by atoms with Crippen LogP contribution < -0.4 is 0 Å². The van der Waals surface area contributed by atoms with Gasteiger partial charge < -0.3 is 0 Å². The molecule has 0 aliphatic heterocycles. The Bertz CT molecular complexity index is 574. The Morgan fingerprint density at radius 2 is 1.53 bits per heavy atom. The Morgan fingerprint density at radius 3 is 2.00 bits per heavy atom. The van der Waals surface area contributed by atoms with Gasteiger partial charge in [0.2, 0.25) is 0 Å². The molecule has 2 aromatic rings. The van der Waals surface area contributed by atoms with E-state index >= 15 is 0 Å². The fraction of sp³-hybridized carbons (Fsp3) is 0.231. The number of rotatable bonds is 3. The van der Waals surface area contributed by atoms with E-state index in [1.807, 2.05) is 6.92 Å². The predicted octanol–water partition coefficient (Wildman–Crippen LogP) is 4.68. The van der Waals surface area contributed by atoms with Gasteiger partial charge in [-0.05, 0) is 18.6 Å². The zero-order valence-corrected chi connectivity index (χ0v) is 11.6. The van der Waals surface area contributed by atoms with E-state index in [-0.39, 0.29) is 21.7 Å². The molecule has 2 rings (SSSR count). The van der Waals surface area contributed by atoms with E-state index in [9.17, 15) is 8.78 Å². The van der Waals surface area contributed by atoms with Crippen LogP contribution in [0.1, 0.15) is 18.9 Å². The maximum Gasteiger partial charge on any atom is 0.162 e. The molecule has 0 unspecified atom stereocenters. The Kier molecular flexibility index (Phi) is 4.32. The first-order chi connectivity index (χ1) is 9.01. The first-order valence-electron chi connectivity index (χ1n) is 5.69. The Morgan fingerprint density at radius 1 is 1.00 bits per heavy atom. The number of aromatic nitrogens is 2. The summed E-state index contributed by atoms with van der Waals surface area (Å²) in [5.41, 5.74) is 0.843. The third kappa shape index (κ3) is 3.19. The number of hydrogen-bond acceptors (Lipinski definition) is 2. The zero-order valence-electron chi connectivity index (χ0n) is 10.1. The molecular formula is C13H10Cl2F2N2. The summed E-state index contributed by atoms with van der Waals surface area (Å²) in [6.45, 7) is 1.97. The highest BCUT2D eigenvalue weighted by atomic mass is 35.5. The Hall–Kier alpha value is -1.26. The molecule has 0 fully saturated rings. The van der Waals surface area contributed by atoms with Gasteiger partial charge in [0.1, 0.15) is 21.9 Å². The maximum absolute atomic E-state index is 13.2. The van der Waals surface area contributed by atoms with Gasteiger partial charge in [-0.2, -0.15) is 0 Å². The van der Waals surface area contributed by atoms with Crippen molar-refractivity contribution >= 4 is 23.2 Å². The summed E-state index contributed by atoms with van der Waals surface area (Å²) in [5.74, 6) is -1.31. The van der Waals surface area contributed by atoms with Crippen LogP contribution in [0.15, 0.2) is 18.2 Å². The lowest BCUT2D eigenvalue weighted by atomic mass is 10.1. The molecule has 0 spiro atoms. The number of hydrogen-bond donors (Lipinski definition) is 0. The molecule has 1 heterocycles. The molecule has 0 amide bonds. The van der Waals surface area contributed by atoms with Gasteiger partial charge in [0.25, 0.3) is 0 Å². The molecule has 0 bridgehead atoms. The Labute approximate surface area is 119 Å². The van der Waals surface area contributed by atoms with Crippen LogP contribution in [-0.2, 0) is 6.42 Å². The zero-order chi connectivity index (χ0) is 14.0. The van der Waals surface area contributed by atoms with E-state index in [4.69, 9.17) is 23.2 Å². The summed E-state index contributed by atoms with van der Waals surface area (Å²) in [6, 6.07) is 3.04. The summed E-state index contributed by atoms with van der Waals surface area (Å²) in [7, 11) is 0. The lowest BCUT2D eigenvalue weighted by Gasteiger charge is -2.07. The summed E-state index contributed by atoms with van der Waals surface area (Å²) < 4.78 is 26.3. The standard InChI is InChI=1S/C13H10Cl2F2N2/c1-2-3-10-11(14)18-13(19-12(10)15)7-4-8(16)6-9(17)5-7/h4-6H,2-3H2,1H3. The molecule has 0 saturated heterocycles. The SMILES string of the molecule is CCCc1c(Cl)nc(-c2cc(F)cc(F)c2)nc1Cl. The Balaban J connectivity index is 2.51. The van der Waals surface area contributed by atoms with E-state index < -0.39 is 11.6 Å². The van der Waals surface area contributed by atoms with Gasteiger partial charge >= 0.3 is 0 Å². The van der Waals surface area contributed by atoms with E-state index in [2.05, 4.69) is 9.97 Å². The maximum atomic E-state index is 13.2. The normalized spacial score (nSPS) is 10.8.